The third kappa shape index (κ3) is 6.10. The molecule has 1 unspecified atom stereocenters. The summed E-state index contributed by atoms with van der Waals surface area (Å²) in [6, 6.07) is 0.528. The van der Waals surface area contributed by atoms with Crippen LogP contribution in [0, 0.1) is 0 Å². The lowest BCUT2D eigenvalue weighted by atomic mass is 10.1. The summed E-state index contributed by atoms with van der Waals surface area (Å²) in [6.45, 7) is 13.1. The van der Waals surface area contributed by atoms with E-state index in [1.54, 1.807) is 0 Å². The molecule has 1 N–H and O–H groups in total. The Hall–Kier alpha value is -1.03. The van der Waals surface area contributed by atoms with Crippen LogP contribution < -0.4 is 5.32 Å². The molecule has 19 heavy (non-hydrogen) atoms. The summed E-state index contributed by atoms with van der Waals surface area (Å²) in [6.07, 6.45) is 7.82. The van der Waals surface area contributed by atoms with E-state index in [0.29, 0.717) is 6.04 Å². The molecule has 0 aliphatic carbocycles. The second-order valence-corrected chi connectivity index (χ2v) is 5.21. The van der Waals surface area contributed by atoms with Crippen LogP contribution in [0.3, 0.4) is 0 Å². The second-order valence-electron chi connectivity index (χ2n) is 5.21. The molecule has 1 aromatic heterocycles. The molecular weight excluding hydrogens is 236 g/mol. The highest BCUT2D eigenvalue weighted by Gasteiger charge is 2.04. The van der Waals surface area contributed by atoms with Gasteiger partial charge in [-0.05, 0) is 26.4 Å². The largest absolute Gasteiger partial charge is 0.380 e. The summed E-state index contributed by atoms with van der Waals surface area (Å²) in [5.74, 6) is 0. The van der Waals surface area contributed by atoms with Crippen molar-refractivity contribution in [3.05, 3.63) is 12.4 Å². The van der Waals surface area contributed by atoms with E-state index in [-0.39, 0.29) is 0 Å². The summed E-state index contributed by atoms with van der Waals surface area (Å²) < 4.78 is 2.03. The van der Waals surface area contributed by atoms with Crippen molar-refractivity contribution in [2.75, 3.05) is 25.0 Å². The zero-order valence-electron chi connectivity index (χ0n) is 13.0. The lowest BCUT2D eigenvalue weighted by Crippen LogP contribution is -2.27. The highest BCUT2D eigenvalue weighted by Crippen LogP contribution is 2.10. The minimum atomic E-state index is 0.528. The first-order valence-electron chi connectivity index (χ1n) is 7.70. The van der Waals surface area contributed by atoms with E-state index in [1.165, 1.54) is 19.3 Å². The maximum atomic E-state index is 4.42. The van der Waals surface area contributed by atoms with Crippen molar-refractivity contribution >= 4 is 5.69 Å². The lowest BCUT2D eigenvalue weighted by Gasteiger charge is -2.17. The third-order valence-corrected chi connectivity index (χ3v) is 3.58. The summed E-state index contributed by atoms with van der Waals surface area (Å²) in [5.41, 5.74) is 1.14. The van der Waals surface area contributed by atoms with Crippen LogP contribution in [0.15, 0.2) is 12.4 Å². The van der Waals surface area contributed by atoms with E-state index in [0.717, 1.165) is 31.9 Å². The SMILES string of the molecule is CCCCC(C)Nc1cnn(CCN(CC)CC)c1. The molecular formula is C15H30N4. The number of hydrogen-bond donors (Lipinski definition) is 1. The van der Waals surface area contributed by atoms with Gasteiger partial charge in [0.05, 0.1) is 18.4 Å². The van der Waals surface area contributed by atoms with Gasteiger partial charge in [-0.25, -0.2) is 0 Å². The molecule has 0 aliphatic heterocycles. The van der Waals surface area contributed by atoms with Gasteiger partial charge in [0.1, 0.15) is 0 Å². The molecule has 1 atom stereocenters. The Morgan fingerprint density at radius 1 is 1.32 bits per heavy atom. The van der Waals surface area contributed by atoms with E-state index < -0.39 is 0 Å². The fourth-order valence-electron chi connectivity index (χ4n) is 2.21. The van der Waals surface area contributed by atoms with Crippen LogP contribution in [-0.4, -0.2) is 40.4 Å². The molecule has 0 bridgehead atoms. The van der Waals surface area contributed by atoms with Crippen molar-refractivity contribution < 1.29 is 0 Å². The summed E-state index contributed by atoms with van der Waals surface area (Å²) >= 11 is 0. The number of rotatable bonds is 10. The van der Waals surface area contributed by atoms with Gasteiger partial charge >= 0.3 is 0 Å². The van der Waals surface area contributed by atoms with Gasteiger partial charge in [-0.15, -0.1) is 0 Å². The Bertz CT molecular complexity index is 331. The first-order chi connectivity index (χ1) is 9.19. The maximum Gasteiger partial charge on any atom is 0.0728 e. The first kappa shape index (κ1) is 16.0. The minimum Gasteiger partial charge on any atom is -0.380 e. The first-order valence-corrected chi connectivity index (χ1v) is 7.70. The fourth-order valence-corrected chi connectivity index (χ4v) is 2.21. The molecule has 0 saturated carbocycles. The Balaban J connectivity index is 2.35. The molecule has 0 aliphatic rings. The number of likely N-dealkylation sites (N-methyl/N-ethyl adjacent to an activating group) is 1. The lowest BCUT2D eigenvalue weighted by molar-refractivity contribution is 0.285. The topological polar surface area (TPSA) is 33.1 Å². The van der Waals surface area contributed by atoms with Crippen LogP contribution in [0.1, 0.15) is 47.0 Å². The molecule has 0 saturated heterocycles. The van der Waals surface area contributed by atoms with Crippen molar-refractivity contribution in [2.24, 2.45) is 0 Å². The van der Waals surface area contributed by atoms with Crippen molar-refractivity contribution in [1.29, 1.82) is 0 Å². The Morgan fingerprint density at radius 3 is 2.68 bits per heavy atom. The standard InChI is InChI=1S/C15H30N4/c1-5-8-9-14(4)17-15-12-16-19(13-15)11-10-18(6-2)7-3/h12-14,17H,5-11H2,1-4H3. The molecule has 4 heteroatoms. The normalized spacial score (nSPS) is 12.9. The zero-order chi connectivity index (χ0) is 14.1. The van der Waals surface area contributed by atoms with Gasteiger partial charge in [-0.3, -0.25) is 4.68 Å². The van der Waals surface area contributed by atoms with Gasteiger partial charge in [0.25, 0.3) is 0 Å². The quantitative estimate of drug-likeness (QED) is 0.706. The smallest absolute Gasteiger partial charge is 0.0728 e. The third-order valence-electron chi connectivity index (χ3n) is 3.58. The molecule has 1 aromatic rings. The van der Waals surface area contributed by atoms with E-state index in [1.807, 2.05) is 10.9 Å². The fraction of sp³-hybridized carbons (Fsp3) is 0.800. The molecule has 0 aromatic carbocycles. The predicted octanol–water partition coefficient (Wildman–Crippen LogP) is 3.22. The summed E-state index contributed by atoms with van der Waals surface area (Å²) in [7, 11) is 0. The van der Waals surface area contributed by atoms with Crippen molar-refractivity contribution in [2.45, 2.75) is 59.5 Å². The number of nitrogens with zero attached hydrogens (tertiary/aromatic N) is 3. The van der Waals surface area contributed by atoms with Crippen LogP contribution in [0.4, 0.5) is 5.69 Å². The summed E-state index contributed by atoms with van der Waals surface area (Å²) in [4.78, 5) is 2.42. The predicted molar refractivity (Wildman–Crippen MR) is 82.6 cm³/mol. The van der Waals surface area contributed by atoms with E-state index in [9.17, 15) is 0 Å². The second kappa shape index (κ2) is 8.97. The average molecular weight is 266 g/mol. The van der Waals surface area contributed by atoms with Gasteiger partial charge < -0.3 is 10.2 Å². The van der Waals surface area contributed by atoms with Crippen LogP contribution in [0.25, 0.3) is 0 Å². The zero-order valence-corrected chi connectivity index (χ0v) is 13.0. The number of nitrogens with one attached hydrogen (secondary N) is 1. The van der Waals surface area contributed by atoms with Gasteiger partial charge in [0.15, 0.2) is 0 Å². The molecule has 110 valence electrons. The molecule has 0 amide bonds. The highest BCUT2D eigenvalue weighted by molar-refractivity contribution is 5.38. The monoisotopic (exact) mass is 266 g/mol. The van der Waals surface area contributed by atoms with Crippen molar-refractivity contribution in [1.82, 2.24) is 14.7 Å². The molecule has 1 rings (SSSR count). The Kier molecular flexibility index (Phi) is 7.56. The minimum absolute atomic E-state index is 0.528. The van der Waals surface area contributed by atoms with Crippen LogP contribution in [0.5, 0.6) is 0 Å². The average Bonchev–Trinajstić information content (AvgIpc) is 2.85. The van der Waals surface area contributed by atoms with Crippen LogP contribution in [-0.2, 0) is 6.54 Å². The number of aromatic nitrogens is 2. The molecule has 0 fully saturated rings. The van der Waals surface area contributed by atoms with Crippen LogP contribution in [0.2, 0.25) is 0 Å². The number of hydrogen-bond acceptors (Lipinski definition) is 3. The molecule has 0 radical (unpaired) electrons. The van der Waals surface area contributed by atoms with Gasteiger partial charge in [0, 0.05) is 18.8 Å². The molecule has 1 heterocycles. The van der Waals surface area contributed by atoms with Crippen molar-refractivity contribution in [3.8, 4) is 0 Å². The Labute approximate surface area is 118 Å². The van der Waals surface area contributed by atoms with Crippen molar-refractivity contribution in [3.63, 3.8) is 0 Å². The molecule has 0 spiro atoms. The van der Waals surface area contributed by atoms with Gasteiger partial charge in [0.2, 0.25) is 0 Å². The van der Waals surface area contributed by atoms with Gasteiger partial charge in [-0.1, -0.05) is 33.6 Å². The summed E-state index contributed by atoms with van der Waals surface area (Å²) in [5, 5.41) is 7.93. The van der Waals surface area contributed by atoms with Crippen LogP contribution >= 0.6 is 0 Å². The van der Waals surface area contributed by atoms with E-state index in [4.69, 9.17) is 0 Å². The number of unbranched alkanes of at least 4 members (excludes halogenated alkanes) is 1. The Morgan fingerprint density at radius 2 is 2.05 bits per heavy atom. The van der Waals surface area contributed by atoms with E-state index >= 15 is 0 Å². The van der Waals surface area contributed by atoms with E-state index in [2.05, 4.69) is 49.2 Å². The molecule has 4 nitrogen and oxygen atoms in total. The maximum absolute atomic E-state index is 4.42. The van der Waals surface area contributed by atoms with Gasteiger partial charge in [-0.2, -0.15) is 5.10 Å². The highest BCUT2D eigenvalue weighted by atomic mass is 15.3. The number of anilines is 1.